The molecule has 0 aliphatic carbocycles. The maximum absolute atomic E-state index is 12.2. The van der Waals surface area contributed by atoms with Gasteiger partial charge in [-0.2, -0.15) is 0 Å². The molecule has 2 aromatic carbocycles. The smallest absolute Gasteiger partial charge is 0.329 e. The number of nitrogens with zero attached hydrogens (tertiary/aromatic N) is 3. The molecule has 4 rings (SSSR count). The number of anilines is 1. The Morgan fingerprint density at radius 2 is 1.94 bits per heavy atom. The zero-order valence-electron chi connectivity index (χ0n) is 18.9. The van der Waals surface area contributed by atoms with Crippen molar-refractivity contribution in [2.75, 3.05) is 18.7 Å². The van der Waals surface area contributed by atoms with E-state index in [0.29, 0.717) is 19.0 Å². The lowest BCUT2D eigenvalue weighted by Crippen LogP contribution is -2.43. The highest BCUT2D eigenvalue weighted by Gasteiger charge is 2.31. The highest BCUT2D eigenvalue weighted by atomic mass is 79.9. The fourth-order valence-electron chi connectivity index (χ4n) is 3.71. The van der Waals surface area contributed by atoms with Crippen molar-refractivity contribution in [1.82, 2.24) is 9.99 Å². The average Bonchev–Trinajstić information content (AvgIpc) is 3.20. The molecule has 0 fully saturated rings. The third-order valence-electron chi connectivity index (χ3n) is 5.50. The van der Waals surface area contributed by atoms with Gasteiger partial charge in [0.05, 0.1) is 12.3 Å². The van der Waals surface area contributed by atoms with E-state index in [-0.39, 0.29) is 5.97 Å². The monoisotopic (exact) mass is 507 g/mol. The molecule has 0 saturated carbocycles. The number of para-hydroxylation sites is 1. The van der Waals surface area contributed by atoms with Gasteiger partial charge in [-0.3, -0.25) is 5.01 Å². The van der Waals surface area contributed by atoms with Crippen LogP contribution in [0.5, 0.6) is 5.75 Å². The fourth-order valence-corrected chi connectivity index (χ4v) is 4.18. The van der Waals surface area contributed by atoms with Crippen LogP contribution in [0.25, 0.3) is 11.3 Å². The molecule has 1 aliphatic heterocycles. The zero-order valence-corrected chi connectivity index (χ0v) is 20.5. The van der Waals surface area contributed by atoms with E-state index in [9.17, 15) is 4.79 Å². The molecule has 33 heavy (non-hydrogen) atoms. The maximum atomic E-state index is 12.2. The molecule has 170 valence electrons. The first-order chi connectivity index (χ1) is 16.0. The van der Waals surface area contributed by atoms with Crippen molar-refractivity contribution in [3.8, 4) is 17.0 Å². The molecule has 1 aliphatic rings. The van der Waals surface area contributed by atoms with E-state index in [4.69, 9.17) is 14.5 Å². The topological polar surface area (TPSA) is 54.9 Å². The van der Waals surface area contributed by atoms with Crippen LogP contribution in [0.1, 0.15) is 18.1 Å². The van der Waals surface area contributed by atoms with Crippen LogP contribution < -0.4 is 9.75 Å². The van der Waals surface area contributed by atoms with Gasteiger partial charge >= 0.3 is 5.97 Å². The van der Waals surface area contributed by atoms with Gasteiger partial charge in [0.2, 0.25) is 0 Å². The van der Waals surface area contributed by atoms with Crippen molar-refractivity contribution in [3.05, 3.63) is 88.5 Å². The fraction of sp³-hybridized carbons (Fsp3) is 0.231. The van der Waals surface area contributed by atoms with E-state index in [1.807, 2.05) is 77.9 Å². The normalized spacial score (nSPS) is 15.6. The second-order valence-electron chi connectivity index (χ2n) is 7.69. The van der Waals surface area contributed by atoms with E-state index >= 15 is 0 Å². The van der Waals surface area contributed by atoms with Crippen LogP contribution >= 0.6 is 15.9 Å². The number of esters is 1. The largest absolute Gasteiger partial charge is 0.488 e. The minimum absolute atomic E-state index is 0.281. The Kier molecular flexibility index (Phi) is 7.11. The molecular weight excluding hydrogens is 482 g/mol. The quantitative estimate of drug-likeness (QED) is 0.393. The van der Waals surface area contributed by atoms with Gasteiger partial charge in [-0.25, -0.2) is 14.8 Å². The van der Waals surface area contributed by atoms with Crippen LogP contribution in [0.4, 0.5) is 5.82 Å². The Morgan fingerprint density at radius 1 is 1.12 bits per heavy atom. The second-order valence-corrected chi connectivity index (χ2v) is 8.61. The number of halogens is 1. The van der Waals surface area contributed by atoms with Crippen LogP contribution in [0.3, 0.4) is 0 Å². The number of hydrazine groups is 1. The predicted molar refractivity (Wildman–Crippen MR) is 133 cm³/mol. The summed E-state index contributed by atoms with van der Waals surface area (Å²) in [4.78, 5) is 17.1. The van der Waals surface area contributed by atoms with E-state index in [1.54, 1.807) is 6.92 Å². The number of carbonyl (C=O) groups excluding carboxylic acids is 1. The van der Waals surface area contributed by atoms with Gasteiger partial charge in [0.25, 0.3) is 0 Å². The van der Waals surface area contributed by atoms with Crippen LogP contribution in [0, 0.1) is 6.92 Å². The summed E-state index contributed by atoms with van der Waals surface area (Å²) in [5, 5.41) is 3.66. The highest BCUT2D eigenvalue weighted by molar-refractivity contribution is 9.10. The molecule has 1 unspecified atom stereocenters. The lowest BCUT2D eigenvalue weighted by atomic mass is 10.1. The molecule has 0 N–H and O–H groups in total. The Hall–Kier alpha value is -3.16. The maximum Gasteiger partial charge on any atom is 0.329 e. The summed E-state index contributed by atoms with van der Waals surface area (Å²) in [5.74, 6) is 1.19. The molecule has 3 aromatic rings. The Labute approximate surface area is 202 Å². The summed E-state index contributed by atoms with van der Waals surface area (Å²) >= 11 is 3.51. The number of likely N-dealkylation sites (N-methyl/N-ethyl adjacent to an activating group) is 1. The molecule has 7 heteroatoms. The number of hydrogen-bond acceptors (Lipinski definition) is 6. The molecule has 0 saturated heterocycles. The summed E-state index contributed by atoms with van der Waals surface area (Å²) in [6.07, 6.45) is 3.65. The SMILES string of the molecule is CCOC(=O)C1C=CN(c2cccc(-c3ccccc3OCc3ccc(Br)cc3C)n2)N1C. The molecule has 0 amide bonds. The standard InChI is InChI=1S/C26H26BrN3O3/c1-4-32-26(31)23-14-15-30(29(23)3)25-11-7-9-22(28-25)21-8-5-6-10-24(21)33-17-19-12-13-20(27)16-18(19)2/h5-16,23H,4,17H2,1-3H3. The van der Waals surface area contributed by atoms with Crippen molar-refractivity contribution < 1.29 is 14.3 Å². The molecule has 6 nitrogen and oxygen atoms in total. The number of rotatable bonds is 7. The molecule has 1 atom stereocenters. The number of aromatic nitrogens is 1. The number of pyridine rings is 1. The number of hydrogen-bond donors (Lipinski definition) is 0. The lowest BCUT2D eigenvalue weighted by Gasteiger charge is -2.28. The molecule has 2 heterocycles. The van der Waals surface area contributed by atoms with Crippen molar-refractivity contribution in [2.45, 2.75) is 26.5 Å². The summed E-state index contributed by atoms with van der Waals surface area (Å²) in [7, 11) is 1.84. The third-order valence-corrected chi connectivity index (χ3v) is 5.99. The zero-order chi connectivity index (χ0) is 23.4. The average molecular weight is 508 g/mol. The number of carbonyl (C=O) groups is 1. The molecule has 0 radical (unpaired) electrons. The number of ether oxygens (including phenoxy) is 2. The Balaban J connectivity index is 1.56. The van der Waals surface area contributed by atoms with Gasteiger partial charge in [0.1, 0.15) is 24.2 Å². The highest BCUT2D eigenvalue weighted by Crippen LogP contribution is 2.32. The first-order valence-corrected chi connectivity index (χ1v) is 11.6. The van der Waals surface area contributed by atoms with Crippen LogP contribution in [0.2, 0.25) is 0 Å². The number of benzene rings is 2. The number of aryl methyl sites for hydroxylation is 1. The van der Waals surface area contributed by atoms with Gasteiger partial charge in [0.15, 0.2) is 0 Å². The van der Waals surface area contributed by atoms with Crippen molar-refractivity contribution in [3.63, 3.8) is 0 Å². The molecule has 0 bridgehead atoms. The lowest BCUT2D eigenvalue weighted by molar-refractivity contribution is -0.146. The van der Waals surface area contributed by atoms with Crippen molar-refractivity contribution in [2.24, 2.45) is 0 Å². The first-order valence-electron chi connectivity index (χ1n) is 10.8. The van der Waals surface area contributed by atoms with Crippen molar-refractivity contribution >= 4 is 27.7 Å². The van der Waals surface area contributed by atoms with Crippen LogP contribution in [-0.4, -0.2) is 35.7 Å². The van der Waals surface area contributed by atoms with Crippen LogP contribution in [0.15, 0.2) is 77.4 Å². The molecular formula is C26H26BrN3O3. The summed E-state index contributed by atoms with van der Waals surface area (Å²) in [5.41, 5.74) is 3.99. The van der Waals surface area contributed by atoms with Crippen LogP contribution in [-0.2, 0) is 16.1 Å². The van der Waals surface area contributed by atoms with E-state index in [1.165, 1.54) is 5.56 Å². The molecule has 0 spiro atoms. The van der Waals surface area contributed by atoms with Gasteiger partial charge in [0, 0.05) is 23.3 Å². The van der Waals surface area contributed by atoms with E-state index < -0.39 is 6.04 Å². The minimum atomic E-state index is -0.472. The Bertz CT molecular complexity index is 1180. The van der Waals surface area contributed by atoms with Gasteiger partial charge in [-0.15, -0.1) is 0 Å². The summed E-state index contributed by atoms with van der Waals surface area (Å²) in [6.45, 7) is 4.69. The van der Waals surface area contributed by atoms with E-state index in [0.717, 1.165) is 27.0 Å². The summed E-state index contributed by atoms with van der Waals surface area (Å²) in [6, 6.07) is 19.4. The molecule has 1 aromatic heterocycles. The van der Waals surface area contributed by atoms with Gasteiger partial charge < -0.3 is 9.47 Å². The first kappa shape index (κ1) is 23.0. The third kappa shape index (κ3) is 5.10. The summed E-state index contributed by atoms with van der Waals surface area (Å²) < 4.78 is 12.4. The minimum Gasteiger partial charge on any atom is -0.488 e. The van der Waals surface area contributed by atoms with E-state index in [2.05, 4.69) is 35.0 Å². The Morgan fingerprint density at radius 3 is 2.73 bits per heavy atom. The van der Waals surface area contributed by atoms with Gasteiger partial charge in [-0.1, -0.05) is 40.2 Å². The second kappa shape index (κ2) is 10.2. The van der Waals surface area contributed by atoms with Crippen molar-refractivity contribution in [1.29, 1.82) is 0 Å². The predicted octanol–water partition coefficient (Wildman–Crippen LogP) is 5.51. The van der Waals surface area contributed by atoms with Gasteiger partial charge in [-0.05, 0) is 67.4 Å².